The van der Waals surface area contributed by atoms with Crippen LogP contribution in [0.3, 0.4) is 0 Å². The summed E-state index contributed by atoms with van der Waals surface area (Å²) in [7, 11) is 0. The molecular formula is C16H24N2O2. The predicted molar refractivity (Wildman–Crippen MR) is 81.4 cm³/mol. The molecular weight excluding hydrogens is 252 g/mol. The Kier molecular flexibility index (Phi) is 4.01. The second-order valence-corrected chi connectivity index (χ2v) is 5.64. The van der Waals surface area contributed by atoms with E-state index in [-0.39, 0.29) is 0 Å². The molecule has 4 nitrogen and oxygen atoms in total. The zero-order valence-electron chi connectivity index (χ0n) is 12.2. The van der Waals surface area contributed by atoms with Crippen molar-refractivity contribution in [3.05, 3.63) is 18.2 Å². The summed E-state index contributed by atoms with van der Waals surface area (Å²) >= 11 is 0. The van der Waals surface area contributed by atoms with Crippen LogP contribution in [0.2, 0.25) is 0 Å². The number of nitrogen functional groups attached to an aromatic ring is 1. The molecule has 3 rings (SSSR count). The summed E-state index contributed by atoms with van der Waals surface area (Å²) < 4.78 is 11.6. The maximum absolute atomic E-state index is 6.33. The van der Waals surface area contributed by atoms with Crippen LogP contribution in [0.5, 0.6) is 5.75 Å². The lowest BCUT2D eigenvalue weighted by atomic mass is 10.1. The Morgan fingerprint density at radius 1 is 1.40 bits per heavy atom. The summed E-state index contributed by atoms with van der Waals surface area (Å²) in [6.07, 6.45) is 4.99. The summed E-state index contributed by atoms with van der Waals surface area (Å²) in [4.78, 5) is 2.43. The van der Waals surface area contributed by atoms with Gasteiger partial charge in [-0.2, -0.15) is 0 Å². The van der Waals surface area contributed by atoms with Crippen LogP contribution in [-0.4, -0.2) is 31.9 Å². The van der Waals surface area contributed by atoms with Gasteiger partial charge in [-0.15, -0.1) is 0 Å². The number of nitrogens with zero attached hydrogens (tertiary/aromatic N) is 1. The van der Waals surface area contributed by atoms with Crippen molar-refractivity contribution in [1.82, 2.24) is 0 Å². The van der Waals surface area contributed by atoms with Crippen molar-refractivity contribution in [2.24, 2.45) is 0 Å². The van der Waals surface area contributed by atoms with Crippen molar-refractivity contribution >= 4 is 11.4 Å². The van der Waals surface area contributed by atoms with Gasteiger partial charge in [-0.05, 0) is 37.8 Å². The van der Waals surface area contributed by atoms with Gasteiger partial charge >= 0.3 is 0 Å². The van der Waals surface area contributed by atoms with Gasteiger partial charge in [0.1, 0.15) is 5.75 Å². The minimum Gasteiger partial charge on any atom is -0.491 e. The highest BCUT2D eigenvalue weighted by Crippen LogP contribution is 2.38. The highest BCUT2D eigenvalue weighted by molar-refractivity contribution is 5.74. The fraction of sp³-hybridized carbons (Fsp3) is 0.625. The number of morpholine rings is 1. The summed E-state index contributed by atoms with van der Waals surface area (Å²) in [5.41, 5.74) is 8.21. The van der Waals surface area contributed by atoms with Crippen LogP contribution in [0.1, 0.15) is 32.6 Å². The average Bonchev–Trinajstić information content (AvgIpc) is 2.95. The molecule has 1 aromatic carbocycles. The van der Waals surface area contributed by atoms with Crippen LogP contribution in [0.25, 0.3) is 0 Å². The molecule has 20 heavy (non-hydrogen) atoms. The van der Waals surface area contributed by atoms with Crippen LogP contribution in [0.15, 0.2) is 18.2 Å². The maximum atomic E-state index is 6.33. The smallest absolute Gasteiger partial charge is 0.144 e. The molecule has 2 N–H and O–H groups in total. The zero-order valence-corrected chi connectivity index (χ0v) is 12.2. The Morgan fingerprint density at radius 3 is 3.15 bits per heavy atom. The maximum Gasteiger partial charge on any atom is 0.144 e. The van der Waals surface area contributed by atoms with Crippen molar-refractivity contribution in [3.63, 3.8) is 0 Å². The van der Waals surface area contributed by atoms with E-state index in [9.17, 15) is 0 Å². The van der Waals surface area contributed by atoms with Gasteiger partial charge in [0, 0.05) is 6.54 Å². The number of rotatable bonds is 4. The van der Waals surface area contributed by atoms with Gasteiger partial charge in [-0.1, -0.05) is 13.0 Å². The highest BCUT2D eigenvalue weighted by Gasteiger charge is 2.36. The predicted octanol–water partition coefficient (Wildman–Crippen LogP) is 2.82. The Bertz CT molecular complexity index is 464. The number of hydrogen-bond acceptors (Lipinski definition) is 4. The third-order valence-corrected chi connectivity index (χ3v) is 4.30. The Balaban J connectivity index is 1.85. The Morgan fingerprint density at radius 2 is 2.30 bits per heavy atom. The normalized spacial score (nSPS) is 25.6. The third-order valence-electron chi connectivity index (χ3n) is 4.30. The van der Waals surface area contributed by atoms with E-state index >= 15 is 0 Å². The molecule has 2 unspecified atom stereocenters. The molecule has 1 aliphatic heterocycles. The molecule has 2 aliphatic rings. The SMILES string of the molecule is CCCOc1cccc(N2CCOC3CCCC32)c1N. The van der Waals surface area contributed by atoms with E-state index < -0.39 is 0 Å². The number of anilines is 2. The molecule has 2 fully saturated rings. The van der Waals surface area contributed by atoms with Gasteiger partial charge in [0.15, 0.2) is 0 Å². The lowest BCUT2D eigenvalue weighted by molar-refractivity contribution is 0.0257. The average molecular weight is 276 g/mol. The number of hydrogen-bond donors (Lipinski definition) is 1. The van der Waals surface area contributed by atoms with Crippen molar-refractivity contribution in [3.8, 4) is 5.75 Å². The standard InChI is InChI=1S/C16H24N2O2/c1-2-10-19-15-8-4-6-13(16(15)17)18-9-11-20-14-7-3-5-12(14)18/h4,6,8,12,14H,2-3,5,7,9-11,17H2,1H3. The second kappa shape index (κ2) is 5.92. The monoisotopic (exact) mass is 276 g/mol. The van der Waals surface area contributed by atoms with Gasteiger partial charge in [-0.3, -0.25) is 0 Å². The fourth-order valence-corrected chi connectivity index (χ4v) is 3.35. The Hall–Kier alpha value is -1.42. The highest BCUT2D eigenvalue weighted by atomic mass is 16.5. The van der Waals surface area contributed by atoms with E-state index in [2.05, 4.69) is 17.9 Å². The summed E-state index contributed by atoms with van der Waals surface area (Å²) in [6.45, 7) is 4.53. The molecule has 2 atom stereocenters. The molecule has 1 heterocycles. The first kappa shape index (κ1) is 13.6. The summed E-state index contributed by atoms with van der Waals surface area (Å²) in [5.74, 6) is 0.811. The van der Waals surface area contributed by atoms with E-state index in [1.807, 2.05) is 12.1 Å². The number of nitrogens with two attached hydrogens (primary N) is 1. The quantitative estimate of drug-likeness (QED) is 0.859. The topological polar surface area (TPSA) is 47.7 Å². The molecule has 0 radical (unpaired) electrons. The molecule has 0 aromatic heterocycles. The van der Waals surface area contributed by atoms with E-state index in [1.54, 1.807) is 0 Å². The number of benzene rings is 1. The third kappa shape index (κ3) is 2.44. The molecule has 1 saturated heterocycles. The lowest BCUT2D eigenvalue weighted by Gasteiger charge is -2.40. The van der Waals surface area contributed by atoms with Crippen molar-refractivity contribution in [2.75, 3.05) is 30.4 Å². The van der Waals surface area contributed by atoms with E-state index in [0.29, 0.717) is 18.8 Å². The first-order valence-electron chi connectivity index (χ1n) is 7.70. The number of fused-ring (bicyclic) bond motifs is 1. The van der Waals surface area contributed by atoms with Crippen molar-refractivity contribution < 1.29 is 9.47 Å². The molecule has 0 amide bonds. The first-order valence-corrected chi connectivity index (χ1v) is 7.70. The largest absolute Gasteiger partial charge is 0.491 e. The number of ether oxygens (including phenoxy) is 2. The summed E-state index contributed by atoms with van der Waals surface area (Å²) in [6, 6.07) is 6.58. The van der Waals surface area contributed by atoms with Crippen LogP contribution in [0, 0.1) is 0 Å². The zero-order chi connectivity index (χ0) is 13.9. The minimum absolute atomic E-state index is 0.378. The van der Waals surface area contributed by atoms with Crippen molar-refractivity contribution in [2.45, 2.75) is 44.8 Å². The van der Waals surface area contributed by atoms with Gasteiger partial charge in [0.2, 0.25) is 0 Å². The molecule has 1 saturated carbocycles. The molecule has 1 aliphatic carbocycles. The van der Waals surface area contributed by atoms with Crippen LogP contribution < -0.4 is 15.4 Å². The molecule has 4 heteroatoms. The molecule has 110 valence electrons. The lowest BCUT2D eigenvalue weighted by Crippen LogP contribution is -2.48. The fourth-order valence-electron chi connectivity index (χ4n) is 3.35. The van der Waals surface area contributed by atoms with Crippen molar-refractivity contribution in [1.29, 1.82) is 0 Å². The van der Waals surface area contributed by atoms with E-state index in [4.69, 9.17) is 15.2 Å². The van der Waals surface area contributed by atoms with Gasteiger partial charge in [0.05, 0.1) is 36.7 Å². The van der Waals surface area contributed by atoms with Crippen LogP contribution >= 0.6 is 0 Å². The van der Waals surface area contributed by atoms with Gasteiger partial charge < -0.3 is 20.1 Å². The minimum atomic E-state index is 0.378. The van der Waals surface area contributed by atoms with Gasteiger partial charge in [0.25, 0.3) is 0 Å². The Labute approximate surface area is 120 Å². The molecule has 0 spiro atoms. The van der Waals surface area contributed by atoms with Gasteiger partial charge in [-0.25, -0.2) is 0 Å². The number of para-hydroxylation sites is 1. The second-order valence-electron chi connectivity index (χ2n) is 5.64. The first-order chi connectivity index (χ1) is 9.81. The molecule has 1 aromatic rings. The summed E-state index contributed by atoms with van der Waals surface area (Å²) in [5, 5.41) is 0. The van der Waals surface area contributed by atoms with Crippen LogP contribution in [0.4, 0.5) is 11.4 Å². The van der Waals surface area contributed by atoms with E-state index in [1.165, 1.54) is 19.3 Å². The van der Waals surface area contributed by atoms with E-state index in [0.717, 1.165) is 36.7 Å². The van der Waals surface area contributed by atoms with Crippen LogP contribution in [-0.2, 0) is 4.74 Å². The molecule has 0 bridgehead atoms.